The van der Waals surface area contributed by atoms with E-state index in [0.29, 0.717) is 22.4 Å². The van der Waals surface area contributed by atoms with Crippen LogP contribution in [0.3, 0.4) is 0 Å². The van der Waals surface area contributed by atoms with Crippen LogP contribution in [-0.4, -0.2) is 0 Å². The lowest BCUT2D eigenvalue weighted by Crippen LogP contribution is -2.04. The lowest BCUT2D eigenvalue weighted by atomic mass is 9.97. The van der Waals surface area contributed by atoms with E-state index in [0.717, 1.165) is 5.56 Å². The average Bonchev–Trinajstić information content (AvgIpc) is 2.45. The molecule has 0 saturated carbocycles. The molecular weight excluding hydrogens is 351 g/mol. The lowest BCUT2D eigenvalue weighted by Gasteiger charge is -2.17. The third-order valence-corrected chi connectivity index (χ3v) is 4.11. The Labute approximate surface area is 150 Å². The van der Waals surface area contributed by atoms with Gasteiger partial charge in [0.2, 0.25) is 0 Å². The molecule has 126 valence electrons. The summed E-state index contributed by atoms with van der Waals surface area (Å²) < 4.78 is 27.5. The summed E-state index contributed by atoms with van der Waals surface area (Å²) in [4.78, 5) is 0. The van der Waals surface area contributed by atoms with Crippen molar-refractivity contribution in [3.63, 3.8) is 0 Å². The summed E-state index contributed by atoms with van der Waals surface area (Å²) in [6.07, 6.45) is 0. The zero-order valence-corrected chi connectivity index (χ0v) is 15.1. The van der Waals surface area contributed by atoms with Gasteiger partial charge in [0.1, 0.15) is 11.6 Å². The molecule has 2 rings (SSSR count). The smallest absolute Gasteiger partial charge is 0.148 e. The van der Waals surface area contributed by atoms with Gasteiger partial charge in [0.25, 0.3) is 0 Å². The minimum atomic E-state index is -0.453. The van der Waals surface area contributed by atoms with Gasteiger partial charge in [-0.3, -0.25) is 0 Å². The van der Waals surface area contributed by atoms with E-state index in [9.17, 15) is 8.78 Å². The molecule has 0 heterocycles. The standard InChI is InChI=1S/C19H17Cl2F2N/c1-10(2)18(14-6-5-13(22)9-15(14)20)12(4)24-19-16(21)7-11(3)8-17(19)23/h5-9,24H,1H2,2-4H3/b18-12-. The van der Waals surface area contributed by atoms with E-state index in [4.69, 9.17) is 23.2 Å². The van der Waals surface area contributed by atoms with Crippen LogP contribution >= 0.6 is 23.2 Å². The summed E-state index contributed by atoms with van der Waals surface area (Å²) in [5, 5.41) is 3.52. The number of hydrogen-bond donors (Lipinski definition) is 1. The van der Waals surface area contributed by atoms with Gasteiger partial charge in [-0.2, -0.15) is 0 Å². The van der Waals surface area contributed by atoms with Crippen LogP contribution in [0.5, 0.6) is 0 Å². The number of aryl methyl sites for hydroxylation is 1. The number of benzene rings is 2. The van der Waals surface area contributed by atoms with Crippen molar-refractivity contribution in [3.05, 3.63) is 81.0 Å². The third kappa shape index (κ3) is 3.97. The van der Waals surface area contributed by atoms with E-state index in [1.54, 1.807) is 32.9 Å². The highest BCUT2D eigenvalue weighted by Gasteiger charge is 2.15. The molecule has 0 spiro atoms. The van der Waals surface area contributed by atoms with Gasteiger partial charge in [0.15, 0.2) is 0 Å². The molecule has 0 aliphatic carbocycles. The van der Waals surface area contributed by atoms with Gasteiger partial charge in [-0.05, 0) is 62.2 Å². The van der Waals surface area contributed by atoms with Crippen LogP contribution in [0.4, 0.5) is 14.5 Å². The Bertz CT molecular complexity index is 818. The van der Waals surface area contributed by atoms with Crippen molar-refractivity contribution in [2.24, 2.45) is 0 Å². The van der Waals surface area contributed by atoms with Gasteiger partial charge in [0.05, 0.1) is 15.7 Å². The van der Waals surface area contributed by atoms with Crippen LogP contribution in [0.1, 0.15) is 25.0 Å². The van der Waals surface area contributed by atoms with E-state index in [1.165, 1.54) is 18.2 Å². The quantitative estimate of drug-likeness (QED) is 0.573. The first-order chi connectivity index (χ1) is 11.2. The fourth-order valence-electron chi connectivity index (χ4n) is 2.51. The molecule has 0 fully saturated rings. The van der Waals surface area contributed by atoms with E-state index in [1.807, 2.05) is 0 Å². The molecule has 0 saturated heterocycles. The molecular formula is C19H17Cl2F2N. The highest BCUT2D eigenvalue weighted by atomic mass is 35.5. The van der Waals surface area contributed by atoms with Crippen molar-refractivity contribution in [3.8, 4) is 0 Å². The minimum absolute atomic E-state index is 0.178. The number of halogens is 4. The van der Waals surface area contributed by atoms with Crippen molar-refractivity contribution in [1.29, 1.82) is 0 Å². The Morgan fingerprint density at radius 3 is 2.25 bits per heavy atom. The first-order valence-corrected chi connectivity index (χ1v) is 8.01. The molecule has 0 atom stereocenters. The maximum Gasteiger partial charge on any atom is 0.148 e. The molecule has 5 heteroatoms. The second-order valence-electron chi connectivity index (χ2n) is 5.63. The van der Waals surface area contributed by atoms with E-state index < -0.39 is 11.6 Å². The molecule has 0 bridgehead atoms. The van der Waals surface area contributed by atoms with Gasteiger partial charge in [-0.25, -0.2) is 8.78 Å². The predicted octanol–water partition coefficient (Wildman–Crippen LogP) is 7.00. The maximum atomic E-state index is 14.2. The normalized spacial score (nSPS) is 12.0. The number of allylic oxidation sites excluding steroid dienone is 3. The summed E-state index contributed by atoms with van der Waals surface area (Å²) in [7, 11) is 0. The zero-order chi connectivity index (χ0) is 18.0. The maximum absolute atomic E-state index is 14.2. The minimum Gasteiger partial charge on any atom is -0.355 e. The average molecular weight is 368 g/mol. The molecule has 0 aromatic heterocycles. The molecule has 0 amide bonds. The topological polar surface area (TPSA) is 12.0 Å². The summed E-state index contributed by atoms with van der Waals surface area (Å²) >= 11 is 12.3. The Kier molecular flexibility index (Phi) is 5.68. The fraction of sp³-hybridized carbons (Fsp3) is 0.158. The lowest BCUT2D eigenvalue weighted by molar-refractivity contribution is 0.628. The predicted molar refractivity (Wildman–Crippen MR) is 98.6 cm³/mol. The fourth-order valence-corrected chi connectivity index (χ4v) is 3.08. The molecule has 0 radical (unpaired) electrons. The van der Waals surface area contributed by atoms with Crippen molar-refractivity contribution >= 4 is 34.5 Å². The van der Waals surface area contributed by atoms with Crippen molar-refractivity contribution in [2.75, 3.05) is 5.32 Å². The Morgan fingerprint density at radius 1 is 1.04 bits per heavy atom. The third-order valence-electron chi connectivity index (χ3n) is 3.50. The van der Waals surface area contributed by atoms with Crippen molar-refractivity contribution in [2.45, 2.75) is 20.8 Å². The van der Waals surface area contributed by atoms with Gasteiger partial charge < -0.3 is 5.32 Å². The van der Waals surface area contributed by atoms with E-state index >= 15 is 0 Å². The molecule has 2 aromatic carbocycles. The summed E-state index contributed by atoms with van der Waals surface area (Å²) in [5.74, 6) is -0.881. The molecule has 1 N–H and O–H groups in total. The largest absolute Gasteiger partial charge is 0.355 e. The van der Waals surface area contributed by atoms with Crippen molar-refractivity contribution < 1.29 is 8.78 Å². The van der Waals surface area contributed by atoms with Gasteiger partial charge >= 0.3 is 0 Å². The van der Waals surface area contributed by atoms with Gasteiger partial charge in [-0.1, -0.05) is 29.8 Å². The molecule has 2 aromatic rings. The van der Waals surface area contributed by atoms with Crippen LogP contribution in [0.2, 0.25) is 10.0 Å². The summed E-state index contributed by atoms with van der Waals surface area (Å²) in [6, 6.07) is 7.18. The number of anilines is 1. The van der Waals surface area contributed by atoms with Crippen LogP contribution < -0.4 is 5.32 Å². The second kappa shape index (κ2) is 7.37. The summed E-state index contributed by atoms with van der Waals surface area (Å²) in [6.45, 7) is 9.27. The number of nitrogens with one attached hydrogen (secondary N) is 1. The monoisotopic (exact) mass is 367 g/mol. The van der Waals surface area contributed by atoms with Crippen LogP contribution in [0.15, 0.2) is 48.2 Å². The van der Waals surface area contributed by atoms with Gasteiger partial charge in [-0.15, -0.1) is 0 Å². The first kappa shape index (κ1) is 18.5. The van der Waals surface area contributed by atoms with Crippen LogP contribution in [0, 0.1) is 18.6 Å². The highest BCUT2D eigenvalue weighted by Crippen LogP contribution is 2.34. The van der Waals surface area contributed by atoms with E-state index in [-0.39, 0.29) is 15.7 Å². The SMILES string of the molecule is C=C(C)/C(=C(\C)Nc1c(F)cc(C)cc1Cl)c1ccc(F)cc1Cl. The first-order valence-electron chi connectivity index (χ1n) is 7.25. The van der Waals surface area contributed by atoms with Crippen LogP contribution in [0.25, 0.3) is 5.57 Å². The zero-order valence-electron chi connectivity index (χ0n) is 13.6. The molecule has 24 heavy (non-hydrogen) atoms. The Hall–Kier alpha value is -1.84. The van der Waals surface area contributed by atoms with Crippen molar-refractivity contribution in [1.82, 2.24) is 0 Å². The summed E-state index contributed by atoms with van der Waals surface area (Å²) in [5.41, 5.74) is 3.51. The Balaban J connectivity index is 2.55. The highest BCUT2D eigenvalue weighted by molar-refractivity contribution is 6.33. The molecule has 0 aliphatic heterocycles. The van der Waals surface area contributed by atoms with E-state index in [2.05, 4.69) is 11.9 Å². The van der Waals surface area contributed by atoms with Gasteiger partial charge in [0, 0.05) is 16.8 Å². The second-order valence-corrected chi connectivity index (χ2v) is 6.45. The molecule has 0 unspecified atom stereocenters. The number of hydrogen-bond acceptors (Lipinski definition) is 1. The number of rotatable bonds is 4. The molecule has 0 aliphatic rings. The Morgan fingerprint density at radius 2 is 1.71 bits per heavy atom. The molecule has 1 nitrogen and oxygen atoms in total. The van der Waals surface area contributed by atoms with Crippen LogP contribution in [-0.2, 0) is 0 Å².